The van der Waals surface area contributed by atoms with E-state index >= 15 is 0 Å². The molecule has 0 unspecified atom stereocenters. The maximum absolute atomic E-state index is 14.8. The van der Waals surface area contributed by atoms with Gasteiger partial charge in [0.15, 0.2) is 12.4 Å². The van der Waals surface area contributed by atoms with Crippen molar-refractivity contribution in [1.29, 1.82) is 0 Å². The summed E-state index contributed by atoms with van der Waals surface area (Å²) < 4.78 is 33.3. The molecule has 5 nitrogen and oxygen atoms in total. The number of amides is 2. The van der Waals surface area contributed by atoms with Gasteiger partial charge >= 0.3 is 0 Å². The van der Waals surface area contributed by atoms with Crippen molar-refractivity contribution in [3.8, 4) is 18.1 Å². The van der Waals surface area contributed by atoms with Crippen LogP contribution in [0.15, 0.2) is 36.4 Å². The Labute approximate surface area is 161 Å². The Kier molecular flexibility index (Phi) is 5.59. The maximum Gasteiger partial charge on any atom is 0.265 e. The quantitative estimate of drug-likeness (QED) is 0.743. The summed E-state index contributed by atoms with van der Waals surface area (Å²) in [6.45, 7) is 1.97. The number of anilines is 2. The normalized spacial score (nSPS) is 12.8. The molecule has 0 atom stereocenters. The lowest BCUT2D eigenvalue weighted by atomic mass is 10.1. The van der Waals surface area contributed by atoms with E-state index in [-0.39, 0.29) is 36.1 Å². The molecule has 0 aliphatic carbocycles. The topological polar surface area (TPSA) is 49.9 Å². The number of terminal acetylenes is 1. The molecule has 0 aromatic heterocycles. The van der Waals surface area contributed by atoms with Gasteiger partial charge in [0.2, 0.25) is 0 Å². The van der Waals surface area contributed by atoms with E-state index in [2.05, 4.69) is 5.92 Å². The zero-order valence-corrected chi connectivity index (χ0v) is 15.2. The van der Waals surface area contributed by atoms with Crippen molar-refractivity contribution >= 4 is 23.2 Å². The first-order chi connectivity index (χ1) is 13.5. The number of hydrogen-bond donors (Lipinski definition) is 0. The fourth-order valence-corrected chi connectivity index (χ4v) is 2.99. The number of nitrogens with zero attached hydrogens (tertiary/aromatic N) is 2. The van der Waals surface area contributed by atoms with Gasteiger partial charge in [0, 0.05) is 18.2 Å². The summed E-state index contributed by atoms with van der Waals surface area (Å²) in [5, 5.41) is 0. The van der Waals surface area contributed by atoms with Gasteiger partial charge in [0.25, 0.3) is 11.8 Å². The predicted molar refractivity (Wildman–Crippen MR) is 101 cm³/mol. The van der Waals surface area contributed by atoms with Gasteiger partial charge in [0.1, 0.15) is 11.6 Å². The molecule has 144 valence electrons. The Morgan fingerprint density at radius 1 is 1.29 bits per heavy atom. The smallest absolute Gasteiger partial charge is 0.265 e. The van der Waals surface area contributed by atoms with Gasteiger partial charge in [-0.25, -0.2) is 8.78 Å². The number of ether oxygens (including phenoxy) is 1. The summed E-state index contributed by atoms with van der Waals surface area (Å²) in [7, 11) is 0. The molecule has 2 amide bonds. The third-order valence-electron chi connectivity index (χ3n) is 4.30. The Hall–Kier alpha value is -3.40. The Bertz CT molecular complexity index is 951. The third kappa shape index (κ3) is 3.67. The van der Waals surface area contributed by atoms with Crippen LogP contribution in [-0.4, -0.2) is 31.5 Å². The molecule has 0 saturated heterocycles. The van der Waals surface area contributed by atoms with Gasteiger partial charge in [0.05, 0.1) is 17.9 Å². The highest BCUT2D eigenvalue weighted by molar-refractivity contribution is 6.07. The molecule has 0 fully saturated rings. The number of fused-ring (bicyclic) bond motifs is 1. The molecule has 0 spiro atoms. The number of benzene rings is 2. The Morgan fingerprint density at radius 2 is 2.00 bits per heavy atom. The summed E-state index contributed by atoms with van der Waals surface area (Å²) in [5.74, 6) is 0.521. The van der Waals surface area contributed by atoms with Crippen LogP contribution in [0.5, 0.6) is 5.75 Å². The number of carbonyl (C=O) groups is 2. The minimum atomic E-state index is -0.713. The molecular formula is C21H18F2N2O3. The fraction of sp³-hybridized carbons (Fsp3) is 0.238. The van der Waals surface area contributed by atoms with Crippen molar-refractivity contribution in [2.24, 2.45) is 0 Å². The van der Waals surface area contributed by atoms with E-state index in [4.69, 9.17) is 11.2 Å². The summed E-state index contributed by atoms with van der Waals surface area (Å²) >= 11 is 0. The van der Waals surface area contributed by atoms with Crippen LogP contribution in [0.2, 0.25) is 0 Å². The van der Waals surface area contributed by atoms with Crippen LogP contribution >= 0.6 is 0 Å². The predicted octanol–water partition coefficient (Wildman–Crippen LogP) is 3.38. The first-order valence-corrected chi connectivity index (χ1v) is 8.73. The summed E-state index contributed by atoms with van der Waals surface area (Å²) in [5.41, 5.74) is 0.459. The van der Waals surface area contributed by atoms with Gasteiger partial charge in [-0.2, -0.15) is 0 Å². The van der Waals surface area contributed by atoms with E-state index < -0.39 is 17.5 Å². The van der Waals surface area contributed by atoms with Crippen LogP contribution in [0.25, 0.3) is 0 Å². The first-order valence-electron chi connectivity index (χ1n) is 8.73. The van der Waals surface area contributed by atoms with Crippen LogP contribution in [0, 0.1) is 24.0 Å². The summed E-state index contributed by atoms with van der Waals surface area (Å²) in [4.78, 5) is 27.6. The average Bonchev–Trinajstić information content (AvgIpc) is 2.68. The first kappa shape index (κ1) is 19.4. The Balaban J connectivity index is 2.06. The molecule has 1 aliphatic rings. The maximum atomic E-state index is 14.8. The van der Waals surface area contributed by atoms with Crippen molar-refractivity contribution in [3.63, 3.8) is 0 Å². The molecular weight excluding hydrogens is 366 g/mol. The molecule has 2 aromatic rings. The van der Waals surface area contributed by atoms with Crippen LogP contribution < -0.4 is 14.5 Å². The molecule has 0 N–H and O–H groups in total. The number of carbonyl (C=O) groups excluding carboxylic acids is 2. The molecule has 1 heterocycles. The molecule has 3 rings (SSSR count). The monoisotopic (exact) mass is 384 g/mol. The fourth-order valence-electron chi connectivity index (χ4n) is 2.99. The molecule has 0 saturated carbocycles. The van der Waals surface area contributed by atoms with Crippen molar-refractivity contribution in [3.05, 3.63) is 53.6 Å². The molecule has 2 aromatic carbocycles. The zero-order chi connectivity index (χ0) is 20.3. The minimum Gasteiger partial charge on any atom is -0.481 e. The highest BCUT2D eigenvalue weighted by atomic mass is 19.1. The van der Waals surface area contributed by atoms with Crippen LogP contribution in [-0.2, 0) is 4.79 Å². The van der Waals surface area contributed by atoms with Gasteiger partial charge < -0.3 is 9.64 Å². The standard InChI is InChI=1S/C21H18F2N2O3/c1-3-9-24-18-12-17(16(23)11-19(18)28-13-20(24)26)25(10-4-2)21(27)14-5-7-15(22)8-6-14/h2,5-8,11-12H,3,9-10,13H2,1H3. The van der Waals surface area contributed by atoms with Crippen molar-refractivity contribution in [1.82, 2.24) is 0 Å². The SMILES string of the molecule is C#CCN(C(=O)c1ccc(F)cc1)c1cc2c(cc1F)OCC(=O)N2CCC. The van der Waals surface area contributed by atoms with Crippen LogP contribution in [0.4, 0.5) is 20.2 Å². The van der Waals surface area contributed by atoms with Gasteiger partial charge in [-0.05, 0) is 36.8 Å². The molecule has 1 aliphatic heterocycles. The second-order valence-corrected chi connectivity index (χ2v) is 6.21. The Morgan fingerprint density at radius 3 is 2.64 bits per heavy atom. The van der Waals surface area contributed by atoms with E-state index in [1.54, 1.807) is 0 Å². The lowest BCUT2D eigenvalue weighted by Crippen LogP contribution is -2.40. The van der Waals surface area contributed by atoms with E-state index in [0.29, 0.717) is 18.7 Å². The van der Waals surface area contributed by atoms with Crippen molar-refractivity contribution < 1.29 is 23.1 Å². The molecule has 28 heavy (non-hydrogen) atoms. The van der Waals surface area contributed by atoms with Crippen molar-refractivity contribution in [2.45, 2.75) is 13.3 Å². The van der Waals surface area contributed by atoms with Gasteiger partial charge in [-0.15, -0.1) is 6.42 Å². The van der Waals surface area contributed by atoms with E-state index in [1.165, 1.54) is 23.1 Å². The lowest BCUT2D eigenvalue weighted by Gasteiger charge is -2.31. The molecule has 7 heteroatoms. The highest BCUT2D eigenvalue weighted by Crippen LogP contribution is 2.38. The van der Waals surface area contributed by atoms with Gasteiger partial charge in [-0.3, -0.25) is 14.5 Å². The summed E-state index contributed by atoms with van der Waals surface area (Å²) in [6, 6.07) is 7.40. The van der Waals surface area contributed by atoms with Crippen LogP contribution in [0.3, 0.4) is 0 Å². The minimum absolute atomic E-state index is 0.0783. The molecule has 0 bridgehead atoms. The largest absolute Gasteiger partial charge is 0.481 e. The number of rotatable bonds is 5. The van der Waals surface area contributed by atoms with E-state index in [9.17, 15) is 18.4 Å². The van der Waals surface area contributed by atoms with Gasteiger partial charge in [-0.1, -0.05) is 12.8 Å². The second kappa shape index (κ2) is 8.09. The average molecular weight is 384 g/mol. The highest BCUT2D eigenvalue weighted by Gasteiger charge is 2.29. The molecule has 0 radical (unpaired) electrons. The van der Waals surface area contributed by atoms with E-state index in [0.717, 1.165) is 23.1 Å². The van der Waals surface area contributed by atoms with E-state index in [1.807, 2.05) is 6.92 Å². The van der Waals surface area contributed by atoms with Crippen molar-refractivity contribution in [2.75, 3.05) is 29.5 Å². The zero-order valence-electron chi connectivity index (χ0n) is 15.2. The lowest BCUT2D eigenvalue weighted by molar-refractivity contribution is -0.121. The number of halogens is 2. The van der Waals surface area contributed by atoms with Crippen LogP contribution in [0.1, 0.15) is 23.7 Å². The third-order valence-corrected chi connectivity index (χ3v) is 4.30. The summed E-state index contributed by atoms with van der Waals surface area (Å²) in [6.07, 6.45) is 6.07. The second-order valence-electron chi connectivity index (χ2n) is 6.21. The number of hydrogen-bond acceptors (Lipinski definition) is 3.